The van der Waals surface area contributed by atoms with Gasteiger partial charge in [-0.2, -0.15) is 0 Å². The number of morpholine rings is 1. The molecule has 5 rings (SSSR count). The van der Waals surface area contributed by atoms with Gasteiger partial charge >= 0.3 is 6.09 Å². The largest absolute Gasteiger partial charge is 0.453 e. The highest BCUT2D eigenvalue weighted by Crippen LogP contribution is 2.34. The van der Waals surface area contributed by atoms with Gasteiger partial charge in [-0.15, -0.1) is 0 Å². The molecule has 0 bridgehead atoms. The van der Waals surface area contributed by atoms with Crippen LogP contribution in [-0.4, -0.2) is 63.3 Å². The Labute approximate surface area is 188 Å². The molecule has 0 spiro atoms. The second kappa shape index (κ2) is 8.11. The Kier molecular flexibility index (Phi) is 5.24. The van der Waals surface area contributed by atoms with E-state index in [2.05, 4.69) is 15.0 Å². The van der Waals surface area contributed by atoms with Crippen molar-refractivity contribution in [3.63, 3.8) is 0 Å². The molecule has 1 aliphatic heterocycles. The Hall–Kier alpha value is -3.53. The molecule has 0 unspecified atom stereocenters. The number of rotatable bonds is 3. The molecule has 8 nitrogen and oxygen atoms in total. The second-order valence-electron chi connectivity index (χ2n) is 8.22. The van der Waals surface area contributed by atoms with Gasteiger partial charge in [0, 0.05) is 25.2 Å². The number of aromatic amines is 1. The van der Waals surface area contributed by atoms with Gasteiger partial charge in [0.1, 0.15) is 22.8 Å². The van der Waals surface area contributed by atoms with Crippen LogP contribution >= 0.6 is 0 Å². The molecule has 172 valence electrons. The topological polar surface area (TPSA) is 84.7 Å². The third-order valence-electron chi connectivity index (χ3n) is 5.90. The number of carbonyl (C=O) groups excluding carboxylic acids is 1. The monoisotopic (exact) mass is 455 g/mol. The zero-order chi connectivity index (χ0) is 23.3. The zero-order valence-corrected chi connectivity index (χ0v) is 18.5. The number of imidazole rings is 2. The van der Waals surface area contributed by atoms with E-state index in [-0.39, 0.29) is 28.4 Å². The van der Waals surface area contributed by atoms with E-state index in [4.69, 9.17) is 9.47 Å². The predicted molar refractivity (Wildman–Crippen MR) is 117 cm³/mol. The average molecular weight is 455 g/mol. The van der Waals surface area contributed by atoms with Crippen LogP contribution in [-0.2, 0) is 15.9 Å². The lowest BCUT2D eigenvalue weighted by Gasteiger charge is -2.32. The fraction of sp³-hybridized carbons (Fsp3) is 0.348. The van der Waals surface area contributed by atoms with Crippen molar-refractivity contribution in [3.05, 3.63) is 53.1 Å². The number of halogens is 2. The molecule has 3 aromatic heterocycles. The molecule has 1 atom stereocenters. The zero-order valence-electron chi connectivity index (χ0n) is 18.5. The molecule has 0 radical (unpaired) electrons. The molecule has 10 heteroatoms. The number of H-pyrrole nitrogens is 1. The molecular formula is C23H23F2N5O3. The van der Waals surface area contributed by atoms with E-state index in [0.717, 1.165) is 5.56 Å². The molecule has 0 saturated carbocycles. The number of benzene rings is 1. The van der Waals surface area contributed by atoms with Gasteiger partial charge in [0.15, 0.2) is 5.82 Å². The molecule has 1 saturated heterocycles. The normalized spacial score (nSPS) is 16.6. The number of hydrogen-bond acceptors (Lipinski definition) is 5. The van der Waals surface area contributed by atoms with Crippen LogP contribution in [0.15, 0.2) is 24.4 Å². The quantitative estimate of drug-likeness (QED) is 0.508. The minimum Gasteiger partial charge on any atom is -0.453 e. The summed E-state index contributed by atoms with van der Waals surface area (Å²) in [5.74, 6) is -1.01. The number of fused-ring (bicyclic) bond motifs is 2. The van der Waals surface area contributed by atoms with Crippen LogP contribution in [0.25, 0.3) is 27.9 Å². The summed E-state index contributed by atoms with van der Waals surface area (Å²) < 4.78 is 43.3. The Morgan fingerprint density at radius 1 is 1.30 bits per heavy atom. The fourth-order valence-electron chi connectivity index (χ4n) is 4.37. The Morgan fingerprint density at radius 2 is 2.12 bits per heavy atom. The third-order valence-corrected chi connectivity index (χ3v) is 5.90. The van der Waals surface area contributed by atoms with Crippen LogP contribution in [0.5, 0.6) is 0 Å². The smallest absolute Gasteiger partial charge is 0.409 e. The van der Waals surface area contributed by atoms with Gasteiger partial charge in [-0.05, 0) is 31.5 Å². The summed E-state index contributed by atoms with van der Waals surface area (Å²) in [4.78, 5) is 25.2. The summed E-state index contributed by atoms with van der Waals surface area (Å²) >= 11 is 0. The first kappa shape index (κ1) is 21.3. The van der Waals surface area contributed by atoms with Gasteiger partial charge in [-0.1, -0.05) is 0 Å². The minimum atomic E-state index is -0.767. The van der Waals surface area contributed by atoms with Crippen LogP contribution in [0, 0.1) is 25.5 Å². The molecule has 0 aliphatic carbocycles. The van der Waals surface area contributed by atoms with Gasteiger partial charge in [0.25, 0.3) is 0 Å². The summed E-state index contributed by atoms with van der Waals surface area (Å²) in [6, 6.07) is 4.99. The van der Waals surface area contributed by atoms with Crippen molar-refractivity contribution >= 4 is 22.8 Å². The molecule has 4 aromatic rings. The minimum absolute atomic E-state index is 0.0638. The standard InChI is InChI=1S/C23H23F2N5O3/c1-12-4-5-30-17(9-14-11-29(6-7-33-14)23(31)32-3)22(28-18(30)8-12)19-15(24)10-16-21(20(19)25)27-13(2)26-16/h4-5,8,10,14H,6-7,9,11H2,1-3H3,(H,26,27)/t14-/m0/s1. The van der Waals surface area contributed by atoms with Crippen LogP contribution in [0.1, 0.15) is 17.1 Å². The summed E-state index contributed by atoms with van der Waals surface area (Å²) in [5, 5.41) is 0. The van der Waals surface area contributed by atoms with Crippen molar-refractivity contribution < 1.29 is 23.0 Å². The first-order valence-corrected chi connectivity index (χ1v) is 10.6. The first-order valence-electron chi connectivity index (χ1n) is 10.6. The lowest BCUT2D eigenvalue weighted by atomic mass is 10.0. The summed E-state index contributed by atoms with van der Waals surface area (Å²) in [5.41, 5.74) is 2.44. The van der Waals surface area contributed by atoms with Crippen LogP contribution in [0.2, 0.25) is 0 Å². The number of hydrogen-bond donors (Lipinski definition) is 1. The number of pyridine rings is 1. The van der Waals surface area contributed by atoms with Crippen molar-refractivity contribution in [2.75, 3.05) is 26.8 Å². The number of nitrogens with zero attached hydrogens (tertiary/aromatic N) is 4. The van der Waals surface area contributed by atoms with E-state index < -0.39 is 17.7 Å². The van der Waals surface area contributed by atoms with Gasteiger partial charge in [0.2, 0.25) is 0 Å². The highest BCUT2D eigenvalue weighted by molar-refractivity contribution is 5.84. The van der Waals surface area contributed by atoms with E-state index in [0.29, 0.717) is 43.3 Å². The van der Waals surface area contributed by atoms with Crippen molar-refractivity contribution in [3.8, 4) is 11.3 Å². The van der Waals surface area contributed by atoms with Crippen molar-refractivity contribution in [2.45, 2.75) is 26.4 Å². The molecule has 1 fully saturated rings. The average Bonchev–Trinajstić information content (AvgIpc) is 3.33. The van der Waals surface area contributed by atoms with E-state index in [9.17, 15) is 4.79 Å². The van der Waals surface area contributed by atoms with Crippen LogP contribution in [0.4, 0.5) is 13.6 Å². The molecule has 1 amide bonds. The number of nitrogens with one attached hydrogen (secondary N) is 1. The predicted octanol–water partition coefficient (Wildman–Crippen LogP) is 3.78. The SMILES string of the molecule is COC(=O)N1CCO[C@@H](Cc2c(-c3c(F)cc4[nH]c(C)nc4c3F)nc3cc(C)ccn23)C1. The second-order valence-corrected chi connectivity index (χ2v) is 8.22. The number of ether oxygens (including phenoxy) is 2. The first-order chi connectivity index (χ1) is 15.9. The third kappa shape index (κ3) is 3.70. The van der Waals surface area contributed by atoms with E-state index >= 15 is 8.78 Å². The van der Waals surface area contributed by atoms with E-state index in [1.165, 1.54) is 13.2 Å². The molecule has 4 heterocycles. The molecular weight excluding hydrogens is 432 g/mol. The fourth-order valence-corrected chi connectivity index (χ4v) is 4.37. The van der Waals surface area contributed by atoms with Gasteiger partial charge in [-0.25, -0.2) is 23.5 Å². The maximum Gasteiger partial charge on any atom is 0.409 e. The number of amides is 1. The molecule has 33 heavy (non-hydrogen) atoms. The van der Waals surface area contributed by atoms with Gasteiger partial charge in [0.05, 0.1) is 48.8 Å². The van der Waals surface area contributed by atoms with Crippen molar-refractivity contribution in [2.24, 2.45) is 0 Å². The highest BCUT2D eigenvalue weighted by Gasteiger charge is 2.29. The van der Waals surface area contributed by atoms with Crippen molar-refractivity contribution in [1.29, 1.82) is 0 Å². The highest BCUT2D eigenvalue weighted by atomic mass is 19.1. The Balaban J connectivity index is 1.64. The maximum absolute atomic E-state index is 15.5. The summed E-state index contributed by atoms with van der Waals surface area (Å²) in [7, 11) is 1.33. The maximum atomic E-state index is 15.5. The van der Waals surface area contributed by atoms with Crippen LogP contribution < -0.4 is 0 Å². The summed E-state index contributed by atoms with van der Waals surface area (Å²) in [6.45, 7) is 4.66. The van der Waals surface area contributed by atoms with Gasteiger partial charge in [-0.3, -0.25) is 0 Å². The summed E-state index contributed by atoms with van der Waals surface area (Å²) in [6.07, 6.45) is 1.29. The number of aryl methyl sites for hydroxylation is 2. The van der Waals surface area contributed by atoms with E-state index in [1.54, 1.807) is 11.8 Å². The van der Waals surface area contributed by atoms with Crippen LogP contribution in [0.3, 0.4) is 0 Å². The molecule has 1 N–H and O–H groups in total. The molecule has 1 aromatic carbocycles. The van der Waals surface area contributed by atoms with E-state index in [1.807, 2.05) is 29.7 Å². The number of methoxy groups -OCH3 is 1. The number of carbonyl (C=O) groups is 1. The Morgan fingerprint density at radius 3 is 2.91 bits per heavy atom. The lowest BCUT2D eigenvalue weighted by molar-refractivity contribution is -0.0241. The number of aromatic nitrogens is 4. The van der Waals surface area contributed by atoms with Crippen molar-refractivity contribution in [1.82, 2.24) is 24.3 Å². The molecule has 1 aliphatic rings. The Bertz CT molecular complexity index is 1380. The van der Waals surface area contributed by atoms with Gasteiger partial charge < -0.3 is 23.8 Å². The lowest BCUT2D eigenvalue weighted by Crippen LogP contribution is -2.46.